The highest BCUT2D eigenvalue weighted by atomic mass is 16.1. The Morgan fingerprint density at radius 3 is 0.929 bits per heavy atom. The van der Waals surface area contributed by atoms with Crippen LogP contribution in [0.1, 0.15) is 94.2 Å². The highest BCUT2D eigenvalue weighted by Crippen LogP contribution is 2.59. The van der Waals surface area contributed by atoms with Crippen LogP contribution >= 0.6 is 0 Å². The lowest BCUT2D eigenvalue weighted by Crippen LogP contribution is -2.39. The minimum absolute atomic E-state index is 0.0875. The fourth-order valence-corrected chi connectivity index (χ4v) is 11.5. The molecule has 6 nitrogen and oxygen atoms in total. The summed E-state index contributed by atoms with van der Waals surface area (Å²) >= 11 is 0. The van der Waals surface area contributed by atoms with Gasteiger partial charge in [0.1, 0.15) is 22.7 Å². The predicted octanol–water partition coefficient (Wildman–Crippen LogP) is 15.3. The molecule has 0 atom stereocenters. The van der Waals surface area contributed by atoms with Crippen LogP contribution in [0.25, 0.3) is 67.8 Å². The van der Waals surface area contributed by atoms with E-state index in [0.717, 1.165) is 101 Å². The van der Waals surface area contributed by atoms with Crippen LogP contribution in [0, 0.1) is 21.7 Å². The largest absolute Gasteiger partial charge is 0.306 e. The third kappa shape index (κ3) is 6.58. The zero-order valence-electron chi connectivity index (χ0n) is 42.6. The van der Waals surface area contributed by atoms with E-state index in [4.69, 9.17) is 9.97 Å². The number of rotatable bonds is 4. The van der Waals surface area contributed by atoms with E-state index in [1.165, 1.54) is 0 Å². The van der Waals surface area contributed by atoms with Crippen molar-refractivity contribution in [2.45, 2.75) is 94.2 Å². The summed E-state index contributed by atoms with van der Waals surface area (Å²) < 4.78 is 4.85. The Bertz CT molecular complexity index is 3180. The van der Waals surface area contributed by atoms with Gasteiger partial charge in [-0.1, -0.05) is 217 Å². The van der Waals surface area contributed by atoms with Crippen molar-refractivity contribution in [2.24, 2.45) is 21.7 Å². The Balaban J connectivity index is 1.30. The quantitative estimate of drug-likeness (QED) is 0.176. The van der Waals surface area contributed by atoms with Gasteiger partial charge in [-0.3, -0.25) is 9.59 Å². The molecule has 70 heavy (non-hydrogen) atoms. The molecule has 0 bridgehead atoms. The van der Waals surface area contributed by atoms with Gasteiger partial charge in [-0.05, 0) is 57.1 Å². The number of hydrogen-bond donors (Lipinski definition) is 0. The van der Waals surface area contributed by atoms with Gasteiger partial charge in [-0.25, -0.2) is 9.97 Å². The van der Waals surface area contributed by atoms with E-state index in [1.807, 2.05) is 12.1 Å². The molecule has 11 rings (SSSR count). The number of benzene rings is 5. The Labute approximate surface area is 413 Å². The van der Waals surface area contributed by atoms with Gasteiger partial charge >= 0.3 is 0 Å². The van der Waals surface area contributed by atoms with Crippen molar-refractivity contribution in [3.05, 3.63) is 191 Å². The van der Waals surface area contributed by atoms with E-state index in [9.17, 15) is 9.59 Å². The van der Waals surface area contributed by atoms with Crippen molar-refractivity contribution in [2.75, 3.05) is 0 Å². The molecule has 4 heterocycles. The normalized spacial score (nSPS) is 16.9. The third-order valence-electron chi connectivity index (χ3n) is 14.9. The topological polar surface area (TPSA) is 69.8 Å². The number of nitrogens with zero attached hydrogens (tertiary/aromatic N) is 4. The Kier molecular flexibility index (Phi) is 9.80. The first-order chi connectivity index (χ1) is 33.1. The van der Waals surface area contributed by atoms with Gasteiger partial charge in [0.25, 0.3) is 0 Å². The maximum absolute atomic E-state index is 14.9. The maximum Gasteiger partial charge on any atom is 0.185 e. The van der Waals surface area contributed by atoms with Gasteiger partial charge in [-0.15, -0.1) is 0 Å². The average Bonchev–Trinajstić information content (AvgIpc) is 4.05. The summed E-state index contributed by atoms with van der Waals surface area (Å²) in [7, 11) is 0. The van der Waals surface area contributed by atoms with Crippen LogP contribution in [-0.2, 0) is 20.7 Å². The molecule has 6 heteroatoms. The van der Waals surface area contributed by atoms with Gasteiger partial charge in [-0.2, -0.15) is 0 Å². The number of hydrogen-bond acceptors (Lipinski definition) is 4. The van der Waals surface area contributed by atoms with Gasteiger partial charge in [0.15, 0.2) is 11.6 Å². The number of Topliss-reactive ketones (excluding diaryl/α,β-unsaturated/α-hetero) is 2. The molecule has 0 fully saturated rings. The van der Waals surface area contributed by atoms with Crippen molar-refractivity contribution in [3.8, 4) is 67.8 Å². The molecule has 0 amide bonds. The Morgan fingerprint density at radius 2 is 0.629 bits per heavy atom. The fourth-order valence-electron chi connectivity index (χ4n) is 11.5. The summed E-state index contributed by atoms with van der Waals surface area (Å²) in [4.78, 5) is 41.3. The molecule has 2 aliphatic carbocycles. The molecule has 0 unspecified atom stereocenters. The molecule has 2 aliphatic heterocycles. The lowest BCUT2D eigenvalue weighted by molar-refractivity contribution is -0.115. The first-order valence-electron chi connectivity index (χ1n) is 24.8. The van der Waals surface area contributed by atoms with Crippen molar-refractivity contribution in [1.82, 2.24) is 19.1 Å². The maximum atomic E-state index is 14.9. The van der Waals surface area contributed by atoms with Crippen molar-refractivity contribution in [1.29, 1.82) is 0 Å². The summed E-state index contributed by atoms with van der Waals surface area (Å²) in [6, 6.07) is 46.8. The minimum Gasteiger partial charge on any atom is -0.306 e. The zero-order valence-corrected chi connectivity index (χ0v) is 42.6. The lowest BCUT2D eigenvalue weighted by atomic mass is 9.67. The fraction of sp³-hybridized carbons (Fsp3) is 0.281. The SMILES string of the molecule is CC(C)(C)C1=CC2(C=C(C(C)(C)C)C1=O)c1ccccc1-c1c(-c3ccccc3)nc(-c3ccccc3-c3nc(-c4ccccc4)c4n3C3(C=C(C(C)(C)C)C(=O)C(C(C)(C)C)=C3)c3ccccc3-4)n12. The molecular weight excluding hydrogens is 857 g/mol. The van der Waals surface area contributed by atoms with Crippen LogP contribution in [0.2, 0.25) is 0 Å². The number of fused-ring (bicyclic) bond motifs is 10. The molecule has 350 valence electrons. The number of imidazole rings is 2. The summed E-state index contributed by atoms with van der Waals surface area (Å²) in [6.45, 7) is 25.7. The molecule has 0 N–H and O–H groups in total. The lowest BCUT2D eigenvalue weighted by Gasteiger charge is -2.40. The van der Waals surface area contributed by atoms with E-state index >= 15 is 0 Å². The third-order valence-corrected chi connectivity index (χ3v) is 14.9. The van der Waals surface area contributed by atoms with E-state index in [1.54, 1.807) is 0 Å². The Hall–Kier alpha value is -7.18. The summed E-state index contributed by atoms with van der Waals surface area (Å²) in [6.07, 6.45) is 8.97. The number of ketones is 2. The molecular formula is C64H62N4O2. The van der Waals surface area contributed by atoms with Crippen LogP contribution in [0.5, 0.6) is 0 Å². The average molecular weight is 919 g/mol. The van der Waals surface area contributed by atoms with Crippen LogP contribution in [0.15, 0.2) is 180 Å². The van der Waals surface area contributed by atoms with E-state index in [2.05, 4.69) is 238 Å². The molecule has 0 radical (unpaired) electrons. The number of carbonyl (C=O) groups is 2. The monoisotopic (exact) mass is 918 g/mol. The second kappa shape index (κ2) is 15.2. The zero-order chi connectivity index (χ0) is 49.5. The van der Waals surface area contributed by atoms with E-state index in [0.29, 0.717) is 0 Å². The Morgan fingerprint density at radius 1 is 0.357 bits per heavy atom. The van der Waals surface area contributed by atoms with E-state index < -0.39 is 32.7 Å². The molecule has 2 aromatic heterocycles. The summed E-state index contributed by atoms with van der Waals surface area (Å²) in [5.74, 6) is 1.71. The number of aromatic nitrogens is 4. The highest BCUT2D eigenvalue weighted by molar-refractivity contribution is 6.13. The van der Waals surface area contributed by atoms with Crippen LogP contribution < -0.4 is 0 Å². The molecule has 0 saturated carbocycles. The minimum atomic E-state index is -0.910. The van der Waals surface area contributed by atoms with Gasteiger partial charge in [0.05, 0.1) is 22.8 Å². The molecule has 0 saturated heterocycles. The standard InChI is InChI=1S/C64H62N4O2/c1-59(2,3)47-35-63(36-48(55(47)69)60(4,5)6)45-33-23-21-31-43(45)53-51(39-25-15-13-16-26-39)65-57(67(53)63)41-29-19-20-30-42(41)58-66-52(40-27-17-14-18-28-40)54-44-32-22-24-34-46(44)64(68(54)58)37-49(61(7,8)9)56(70)50(38-64)62(10,11)12/h13-38H,1-12H3. The van der Waals surface area contributed by atoms with Crippen LogP contribution in [0.3, 0.4) is 0 Å². The second-order valence-corrected chi connectivity index (χ2v) is 23.8. The highest BCUT2D eigenvalue weighted by Gasteiger charge is 2.52. The second-order valence-electron chi connectivity index (χ2n) is 23.8. The van der Waals surface area contributed by atoms with Gasteiger partial charge in [0.2, 0.25) is 0 Å². The van der Waals surface area contributed by atoms with Crippen LogP contribution in [-0.4, -0.2) is 30.7 Å². The summed E-state index contributed by atoms with van der Waals surface area (Å²) in [5, 5.41) is 0. The molecule has 2 spiro atoms. The molecule has 7 aromatic rings. The van der Waals surface area contributed by atoms with E-state index in [-0.39, 0.29) is 11.6 Å². The predicted molar refractivity (Wildman–Crippen MR) is 285 cm³/mol. The van der Waals surface area contributed by atoms with Crippen LogP contribution in [0.4, 0.5) is 0 Å². The molecule has 5 aromatic carbocycles. The number of carbonyl (C=O) groups excluding carboxylic acids is 2. The number of allylic oxidation sites excluding steroid dienone is 8. The van der Waals surface area contributed by atoms with Crippen molar-refractivity contribution in [3.63, 3.8) is 0 Å². The first kappa shape index (κ1) is 45.3. The van der Waals surface area contributed by atoms with Crippen molar-refractivity contribution < 1.29 is 9.59 Å². The summed E-state index contributed by atoms with van der Waals surface area (Å²) in [5.41, 5.74) is 11.4. The smallest absolute Gasteiger partial charge is 0.185 e. The molecule has 4 aliphatic rings. The van der Waals surface area contributed by atoms with Gasteiger partial charge in [0, 0.05) is 55.7 Å². The first-order valence-corrected chi connectivity index (χ1v) is 24.8. The van der Waals surface area contributed by atoms with Crippen molar-refractivity contribution >= 4 is 11.6 Å². The van der Waals surface area contributed by atoms with Gasteiger partial charge < -0.3 is 9.13 Å².